The number of benzene rings is 2. The summed E-state index contributed by atoms with van der Waals surface area (Å²) in [5.74, 6) is 0.728. The Labute approximate surface area is 187 Å². The van der Waals surface area contributed by atoms with Crippen molar-refractivity contribution in [3.05, 3.63) is 71.7 Å². The molecular formula is C21H14F6N6O. The Bertz CT molecular complexity index is 1360. The van der Waals surface area contributed by atoms with E-state index >= 15 is 0 Å². The number of halogens is 6. The summed E-state index contributed by atoms with van der Waals surface area (Å²) in [6.45, 7) is 0. The van der Waals surface area contributed by atoms with Crippen molar-refractivity contribution >= 4 is 23.1 Å². The molecule has 0 fully saturated rings. The lowest BCUT2D eigenvalue weighted by molar-refractivity contribution is -0.143. The molecule has 4 rings (SSSR count). The van der Waals surface area contributed by atoms with Gasteiger partial charge in [0, 0.05) is 11.6 Å². The Morgan fingerprint density at radius 1 is 1.00 bits per heavy atom. The highest BCUT2D eigenvalue weighted by Crippen LogP contribution is 2.37. The number of fused-ring (bicyclic) bond motifs is 1. The second kappa shape index (κ2) is 8.65. The number of methoxy groups -OCH3 is 1. The number of hydrogen-bond donors (Lipinski definition) is 1. The average molecular weight is 480 g/mol. The molecule has 34 heavy (non-hydrogen) atoms. The lowest BCUT2D eigenvalue weighted by atomic mass is 10.0. The summed E-state index contributed by atoms with van der Waals surface area (Å²) < 4.78 is 85.1. The summed E-state index contributed by atoms with van der Waals surface area (Å²) in [5.41, 5.74) is 0.0930. The van der Waals surface area contributed by atoms with Gasteiger partial charge in [0.1, 0.15) is 12.1 Å². The first-order valence-electron chi connectivity index (χ1n) is 9.48. The zero-order valence-corrected chi connectivity index (χ0v) is 17.2. The minimum atomic E-state index is -5.01. The first-order chi connectivity index (χ1) is 16.1. The van der Waals surface area contributed by atoms with Gasteiger partial charge in [-0.15, -0.1) is 0 Å². The van der Waals surface area contributed by atoms with Gasteiger partial charge in [0.2, 0.25) is 0 Å². The van der Waals surface area contributed by atoms with Gasteiger partial charge in [0.15, 0.2) is 11.5 Å². The van der Waals surface area contributed by atoms with Gasteiger partial charge in [-0.1, -0.05) is 12.1 Å². The fourth-order valence-corrected chi connectivity index (χ4v) is 3.12. The largest absolute Gasteiger partial charge is 0.497 e. The third-order valence-electron chi connectivity index (χ3n) is 4.72. The maximum atomic E-state index is 13.3. The molecule has 13 heteroatoms. The van der Waals surface area contributed by atoms with Gasteiger partial charge in [-0.25, -0.2) is 14.6 Å². The van der Waals surface area contributed by atoms with Crippen molar-refractivity contribution in [3.63, 3.8) is 0 Å². The van der Waals surface area contributed by atoms with E-state index in [1.165, 1.54) is 24.3 Å². The van der Waals surface area contributed by atoms with E-state index in [0.717, 1.165) is 6.21 Å². The topological polar surface area (TPSA) is 77.2 Å². The van der Waals surface area contributed by atoms with Crippen LogP contribution in [0.5, 0.6) is 5.75 Å². The van der Waals surface area contributed by atoms with Crippen molar-refractivity contribution in [3.8, 4) is 11.4 Å². The molecule has 0 aliphatic rings. The molecule has 2 heterocycles. The highest BCUT2D eigenvalue weighted by Gasteiger charge is 2.37. The SMILES string of the molecule is COc1cccc(-n2ncc3c(N/N=C/c4ccc(C(F)(F)F)cc4C(F)(F)F)ncnc32)c1. The molecule has 0 aliphatic carbocycles. The number of hydrogen-bond acceptors (Lipinski definition) is 6. The third kappa shape index (κ3) is 4.63. The van der Waals surface area contributed by atoms with Crippen LogP contribution < -0.4 is 10.2 Å². The Hall–Kier alpha value is -4.16. The molecule has 0 spiro atoms. The Balaban J connectivity index is 1.65. The third-order valence-corrected chi connectivity index (χ3v) is 4.72. The molecular weight excluding hydrogens is 466 g/mol. The van der Waals surface area contributed by atoms with Crippen LogP contribution in [-0.4, -0.2) is 33.1 Å². The predicted molar refractivity (Wildman–Crippen MR) is 111 cm³/mol. The van der Waals surface area contributed by atoms with E-state index in [0.29, 0.717) is 34.6 Å². The van der Waals surface area contributed by atoms with Gasteiger partial charge in [-0.2, -0.15) is 36.5 Å². The number of rotatable bonds is 5. The minimum absolute atomic E-state index is 0.0441. The van der Waals surface area contributed by atoms with Crippen LogP contribution in [-0.2, 0) is 12.4 Å². The molecule has 0 atom stereocenters. The fraction of sp³-hybridized carbons (Fsp3) is 0.143. The Morgan fingerprint density at radius 2 is 1.79 bits per heavy atom. The maximum absolute atomic E-state index is 13.3. The molecule has 1 N–H and O–H groups in total. The van der Waals surface area contributed by atoms with Crippen molar-refractivity contribution in [2.75, 3.05) is 12.5 Å². The van der Waals surface area contributed by atoms with Crippen LogP contribution in [0, 0.1) is 0 Å². The zero-order valence-electron chi connectivity index (χ0n) is 17.2. The number of alkyl halides is 6. The lowest BCUT2D eigenvalue weighted by Crippen LogP contribution is -2.13. The first kappa shape index (κ1) is 23.0. The zero-order chi connectivity index (χ0) is 24.5. The van der Waals surface area contributed by atoms with Crippen molar-refractivity contribution in [1.29, 1.82) is 0 Å². The maximum Gasteiger partial charge on any atom is 0.417 e. The molecule has 2 aromatic carbocycles. The van der Waals surface area contributed by atoms with E-state index in [1.54, 1.807) is 24.3 Å². The minimum Gasteiger partial charge on any atom is -0.497 e. The lowest BCUT2D eigenvalue weighted by Gasteiger charge is -2.13. The molecule has 0 bridgehead atoms. The van der Waals surface area contributed by atoms with Crippen LogP contribution in [0.25, 0.3) is 16.7 Å². The molecule has 176 valence electrons. The van der Waals surface area contributed by atoms with E-state index in [-0.39, 0.29) is 11.9 Å². The molecule has 0 saturated heterocycles. The second-order valence-electron chi connectivity index (χ2n) is 6.88. The molecule has 0 amide bonds. The standard InChI is InChI=1S/C21H14F6N6O/c1-34-15-4-2-3-14(8-15)33-19-16(10-31-33)18(28-11-29-19)32-30-9-12-5-6-13(20(22,23)24)7-17(12)21(25,26)27/h2-11H,1H3,(H,28,29,32)/b30-9+. The Kier molecular flexibility index (Phi) is 5.85. The smallest absolute Gasteiger partial charge is 0.417 e. The van der Waals surface area contributed by atoms with Crippen molar-refractivity contribution in [2.24, 2.45) is 5.10 Å². The predicted octanol–water partition coefficient (Wildman–Crippen LogP) is 5.31. The summed E-state index contributed by atoms with van der Waals surface area (Å²) in [5, 5.41) is 8.40. The summed E-state index contributed by atoms with van der Waals surface area (Å²) in [6.07, 6.45) is -6.51. The van der Waals surface area contributed by atoms with Crippen LogP contribution >= 0.6 is 0 Å². The molecule has 2 aromatic heterocycles. The molecule has 0 radical (unpaired) electrons. The molecule has 0 unspecified atom stereocenters. The van der Waals surface area contributed by atoms with Gasteiger partial charge < -0.3 is 4.74 Å². The van der Waals surface area contributed by atoms with E-state index < -0.39 is 29.0 Å². The van der Waals surface area contributed by atoms with Gasteiger partial charge in [0.05, 0.1) is 41.7 Å². The van der Waals surface area contributed by atoms with Gasteiger partial charge in [0.25, 0.3) is 0 Å². The number of nitrogens with zero attached hydrogens (tertiary/aromatic N) is 5. The monoisotopic (exact) mass is 480 g/mol. The summed E-state index contributed by atoms with van der Waals surface area (Å²) in [4.78, 5) is 8.19. The van der Waals surface area contributed by atoms with Crippen molar-refractivity contribution in [1.82, 2.24) is 19.7 Å². The van der Waals surface area contributed by atoms with E-state index in [9.17, 15) is 26.3 Å². The van der Waals surface area contributed by atoms with Crippen LogP contribution in [0.1, 0.15) is 16.7 Å². The van der Waals surface area contributed by atoms with E-state index in [2.05, 4.69) is 25.6 Å². The second-order valence-corrected chi connectivity index (χ2v) is 6.88. The normalized spacial score (nSPS) is 12.4. The molecule has 7 nitrogen and oxygen atoms in total. The molecule has 4 aromatic rings. The average Bonchev–Trinajstić information content (AvgIpc) is 3.23. The van der Waals surface area contributed by atoms with Gasteiger partial charge >= 0.3 is 12.4 Å². The first-order valence-corrected chi connectivity index (χ1v) is 9.48. The number of nitrogens with one attached hydrogen (secondary N) is 1. The quantitative estimate of drug-likeness (QED) is 0.238. The molecule has 0 aliphatic heterocycles. The molecule has 0 saturated carbocycles. The number of anilines is 1. The van der Waals surface area contributed by atoms with Crippen LogP contribution in [0.15, 0.2) is 60.1 Å². The Morgan fingerprint density at radius 3 is 2.50 bits per heavy atom. The van der Waals surface area contributed by atoms with Crippen LogP contribution in [0.4, 0.5) is 32.2 Å². The number of hydrazone groups is 1. The summed E-state index contributed by atoms with van der Waals surface area (Å²) >= 11 is 0. The van der Waals surface area contributed by atoms with Crippen molar-refractivity contribution < 1.29 is 31.1 Å². The van der Waals surface area contributed by atoms with E-state index in [4.69, 9.17) is 4.74 Å². The fourth-order valence-electron chi connectivity index (χ4n) is 3.12. The summed E-state index contributed by atoms with van der Waals surface area (Å²) in [6, 6.07) is 8.30. The number of ether oxygens (including phenoxy) is 1. The number of aromatic nitrogens is 4. The van der Waals surface area contributed by atoms with Crippen LogP contribution in [0.3, 0.4) is 0 Å². The van der Waals surface area contributed by atoms with Gasteiger partial charge in [-0.05, 0) is 24.3 Å². The highest BCUT2D eigenvalue weighted by atomic mass is 19.4. The van der Waals surface area contributed by atoms with Crippen LogP contribution in [0.2, 0.25) is 0 Å². The van der Waals surface area contributed by atoms with Gasteiger partial charge in [-0.3, -0.25) is 5.43 Å². The highest BCUT2D eigenvalue weighted by molar-refractivity contribution is 5.88. The van der Waals surface area contributed by atoms with Crippen molar-refractivity contribution in [2.45, 2.75) is 12.4 Å². The summed E-state index contributed by atoms with van der Waals surface area (Å²) in [7, 11) is 1.52. The van der Waals surface area contributed by atoms with E-state index in [1.807, 2.05) is 0 Å².